The van der Waals surface area contributed by atoms with Gasteiger partial charge in [0.15, 0.2) is 11.5 Å². The largest absolute Gasteiger partial charge is 0.490 e. The fourth-order valence-electron chi connectivity index (χ4n) is 3.62. The molecule has 4 rings (SSSR count). The molecule has 2 heterocycles. The van der Waals surface area contributed by atoms with Crippen LogP contribution in [0.25, 0.3) is 0 Å². The number of hydrogen-bond acceptors (Lipinski definition) is 5. The van der Waals surface area contributed by atoms with Gasteiger partial charge in [0.05, 0.1) is 18.1 Å². The zero-order valence-electron chi connectivity index (χ0n) is 16.3. The van der Waals surface area contributed by atoms with Crippen molar-refractivity contribution in [1.82, 2.24) is 4.31 Å². The second kappa shape index (κ2) is 9.11. The average Bonchev–Trinajstić information content (AvgIpc) is 2.98. The van der Waals surface area contributed by atoms with Gasteiger partial charge in [0.2, 0.25) is 15.9 Å². The van der Waals surface area contributed by atoms with Crippen LogP contribution < -0.4 is 14.8 Å². The fourth-order valence-corrected chi connectivity index (χ4v) is 5.65. The summed E-state index contributed by atoms with van der Waals surface area (Å²) < 4.78 is 39.9. The molecular weight excluding hydrogens is 519 g/mol. The summed E-state index contributed by atoms with van der Waals surface area (Å²) in [7, 11) is -3.66. The number of piperidine rings is 1. The number of carbonyl (C=O) groups is 1. The molecule has 2 aromatic carbocycles. The summed E-state index contributed by atoms with van der Waals surface area (Å²) in [6, 6.07) is 12.3. The molecule has 0 atom stereocenters. The van der Waals surface area contributed by atoms with E-state index in [2.05, 4.69) is 27.9 Å². The molecule has 0 bridgehead atoms. The third-order valence-electron chi connectivity index (χ3n) is 5.27. The highest BCUT2D eigenvalue weighted by Crippen LogP contribution is 2.34. The highest BCUT2D eigenvalue weighted by Gasteiger charge is 2.32. The summed E-state index contributed by atoms with van der Waals surface area (Å²) in [6.07, 6.45) is 1.73. The minimum Gasteiger partial charge on any atom is -0.490 e. The Bertz CT molecular complexity index is 1040. The zero-order chi connectivity index (χ0) is 21.1. The van der Waals surface area contributed by atoms with E-state index in [1.165, 1.54) is 10.4 Å². The first kappa shape index (κ1) is 21.4. The van der Waals surface area contributed by atoms with E-state index in [9.17, 15) is 13.2 Å². The smallest absolute Gasteiger partial charge is 0.243 e. The van der Waals surface area contributed by atoms with Gasteiger partial charge in [-0.1, -0.05) is 6.07 Å². The summed E-state index contributed by atoms with van der Waals surface area (Å²) in [6.45, 7) is 1.66. The Hall–Kier alpha value is -1.85. The van der Waals surface area contributed by atoms with Crippen molar-refractivity contribution in [1.29, 1.82) is 0 Å². The lowest BCUT2D eigenvalue weighted by Gasteiger charge is -2.30. The SMILES string of the molecule is O=C(Nc1cccc(I)c1)C1CCN(S(=O)(=O)c2ccc3c(c2)OCCCO3)CC1. The van der Waals surface area contributed by atoms with Gasteiger partial charge in [0.1, 0.15) is 0 Å². The number of halogens is 1. The highest BCUT2D eigenvalue weighted by atomic mass is 127. The third-order valence-corrected chi connectivity index (χ3v) is 7.84. The fraction of sp³-hybridized carbons (Fsp3) is 0.381. The maximum absolute atomic E-state index is 13.1. The van der Waals surface area contributed by atoms with Gasteiger partial charge in [0, 0.05) is 40.8 Å². The quantitative estimate of drug-likeness (QED) is 0.599. The molecule has 7 nitrogen and oxygen atoms in total. The molecule has 1 saturated heterocycles. The Morgan fingerprint density at radius 3 is 2.50 bits per heavy atom. The number of rotatable bonds is 4. The van der Waals surface area contributed by atoms with Crippen LogP contribution in [-0.2, 0) is 14.8 Å². The standard InChI is InChI=1S/C21H23IN2O5S/c22-16-3-1-4-17(13-16)23-21(25)15-7-9-24(10-8-15)30(26,27)18-5-6-19-20(14-18)29-12-2-11-28-19/h1,3-6,13-15H,2,7-12H2,(H,23,25). The number of anilines is 1. The Labute approximate surface area is 189 Å². The van der Waals surface area contributed by atoms with Crippen molar-refractivity contribution in [2.24, 2.45) is 5.92 Å². The molecule has 9 heteroatoms. The van der Waals surface area contributed by atoms with E-state index < -0.39 is 10.0 Å². The van der Waals surface area contributed by atoms with Crippen LogP contribution in [0.3, 0.4) is 0 Å². The van der Waals surface area contributed by atoms with Crippen LogP contribution in [0.5, 0.6) is 11.5 Å². The van der Waals surface area contributed by atoms with E-state index in [1.807, 2.05) is 24.3 Å². The van der Waals surface area contributed by atoms with Crippen molar-refractivity contribution in [3.05, 3.63) is 46.0 Å². The first-order valence-corrected chi connectivity index (χ1v) is 12.4. The molecule has 1 N–H and O–H groups in total. The Balaban J connectivity index is 1.40. The number of carbonyl (C=O) groups excluding carboxylic acids is 1. The van der Waals surface area contributed by atoms with Crippen molar-refractivity contribution in [3.8, 4) is 11.5 Å². The summed E-state index contributed by atoms with van der Waals surface area (Å²) >= 11 is 2.20. The van der Waals surface area contributed by atoms with Crippen molar-refractivity contribution in [2.75, 3.05) is 31.6 Å². The number of sulfonamides is 1. The molecule has 0 radical (unpaired) electrons. The van der Waals surface area contributed by atoms with E-state index in [0.717, 1.165) is 15.7 Å². The van der Waals surface area contributed by atoms with Crippen LogP contribution in [0.4, 0.5) is 5.69 Å². The average molecular weight is 542 g/mol. The molecule has 2 aromatic rings. The van der Waals surface area contributed by atoms with Crippen molar-refractivity contribution >= 4 is 44.2 Å². The van der Waals surface area contributed by atoms with Crippen molar-refractivity contribution in [3.63, 3.8) is 0 Å². The molecule has 2 aliphatic heterocycles. The summed E-state index contributed by atoms with van der Waals surface area (Å²) in [5.74, 6) is 0.750. The lowest BCUT2D eigenvalue weighted by Crippen LogP contribution is -2.41. The lowest BCUT2D eigenvalue weighted by molar-refractivity contribution is -0.120. The second-order valence-electron chi connectivity index (χ2n) is 7.34. The molecule has 30 heavy (non-hydrogen) atoms. The van der Waals surface area contributed by atoms with E-state index in [1.54, 1.807) is 12.1 Å². The van der Waals surface area contributed by atoms with E-state index in [4.69, 9.17) is 9.47 Å². The molecule has 160 valence electrons. The van der Waals surface area contributed by atoms with Gasteiger partial charge in [-0.05, 0) is 65.8 Å². The predicted octanol–water partition coefficient (Wildman–Crippen LogP) is 3.49. The highest BCUT2D eigenvalue weighted by molar-refractivity contribution is 14.1. The first-order chi connectivity index (χ1) is 14.4. The first-order valence-electron chi connectivity index (χ1n) is 9.90. The van der Waals surface area contributed by atoms with Gasteiger partial charge < -0.3 is 14.8 Å². The van der Waals surface area contributed by atoms with Gasteiger partial charge in [-0.2, -0.15) is 4.31 Å². The second-order valence-corrected chi connectivity index (χ2v) is 10.5. The Morgan fingerprint density at radius 1 is 1.03 bits per heavy atom. The predicted molar refractivity (Wildman–Crippen MR) is 121 cm³/mol. The number of amides is 1. The van der Waals surface area contributed by atoms with Crippen LogP contribution in [0.2, 0.25) is 0 Å². The van der Waals surface area contributed by atoms with Gasteiger partial charge in [0.25, 0.3) is 0 Å². The number of nitrogens with zero attached hydrogens (tertiary/aromatic N) is 1. The summed E-state index contributed by atoms with van der Waals surface area (Å²) in [4.78, 5) is 12.8. The maximum Gasteiger partial charge on any atom is 0.243 e. The number of benzene rings is 2. The Kier molecular flexibility index (Phi) is 6.49. The van der Waals surface area contributed by atoms with Gasteiger partial charge in [-0.3, -0.25) is 4.79 Å². The third kappa shape index (κ3) is 4.73. The minimum atomic E-state index is -3.66. The van der Waals surface area contributed by atoms with Gasteiger partial charge >= 0.3 is 0 Å². The van der Waals surface area contributed by atoms with Crippen LogP contribution in [0.1, 0.15) is 19.3 Å². The van der Waals surface area contributed by atoms with Crippen molar-refractivity contribution < 1.29 is 22.7 Å². The molecule has 0 aromatic heterocycles. The Morgan fingerprint density at radius 2 is 1.77 bits per heavy atom. The van der Waals surface area contributed by atoms with E-state index in [0.29, 0.717) is 50.6 Å². The van der Waals surface area contributed by atoms with Crippen LogP contribution in [0, 0.1) is 9.49 Å². The monoisotopic (exact) mass is 542 g/mol. The molecule has 1 fully saturated rings. The van der Waals surface area contributed by atoms with E-state index >= 15 is 0 Å². The minimum absolute atomic E-state index is 0.0652. The summed E-state index contributed by atoms with van der Waals surface area (Å²) in [5.41, 5.74) is 0.758. The van der Waals surface area contributed by atoms with Crippen LogP contribution in [0.15, 0.2) is 47.4 Å². The molecule has 0 spiro atoms. The maximum atomic E-state index is 13.1. The van der Waals surface area contributed by atoms with Crippen LogP contribution in [-0.4, -0.2) is 44.9 Å². The van der Waals surface area contributed by atoms with E-state index in [-0.39, 0.29) is 16.7 Å². The lowest BCUT2D eigenvalue weighted by atomic mass is 9.97. The zero-order valence-corrected chi connectivity index (χ0v) is 19.3. The molecule has 1 amide bonds. The summed E-state index contributed by atoms with van der Waals surface area (Å²) in [5, 5.41) is 2.94. The number of nitrogens with one attached hydrogen (secondary N) is 1. The number of ether oxygens (including phenoxy) is 2. The topological polar surface area (TPSA) is 84.9 Å². The molecule has 0 unspecified atom stereocenters. The molecule has 0 saturated carbocycles. The molecular formula is C21H23IN2O5S. The van der Waals surface area contributed by atoms with Gasteiger partial charge in [-0.25, -0.2) is 8.42 Å². The number of fused-ring (bicyclic) bond motifs is 1. The normalized spacial score (nSPS) is 17.9. The molecule has 0 aliphatic carbocycles. The van der Waals surface area contributed by atoms with Gasteiger partial charge in [-0.15, -0.1) is 0 Å². The molecule has 2 aliphatic rings. The van der Waals surface area contributed by atoms with Crippen molar-refractivity contribution in [2.45, 2.75) is 24.2 Å². The van der Waals surface area contributed by atoms with Crippen LogP contribution >= 0.6 is 22.6 Å². The number of hydrogen-bond donors (Lipinski definition) is 1.